The van der Waals surface area contributed by atoms with E-state index in [9.17, 15) is 0 Å². The van der Waals surface area contributed by atoms with Gasteiger partial charge in [0.05, 0.1) is 0 Å². The monoisotopic (exact) mass is 277 g/mol. The Morgan fingerprint density at radius 3 is 2.14 bits per heavy atom. The third-order valence-electron chi connectivity index (χ3n) is 3.08. The van der Waals surface area contributed by atoms with E-state index in [1.54, 1.807) is 12.4 Å². The Labute approximate surface area is 123 Å². The van der Waals surface area contributed by atoms with Crippen LogP contribution in [0.3, 0.4) is 0 Å². The first-order valence-electron chi connectivity index (χ1n) is 6.67. The molecule has 0 atom stereocenters. The SMILES string of the molecule is CN(c1ccc(Oc2ccccn2)cc1)c1ccccn1. The second-order valence-corrected chi connectivity index (χ2v) is 4.51. The standard InChI is InChI=1S/C17H15N3O/c1-20(16-6-2-4-12-18-16)14-8-10-15(11-9-14)21-17-7-3-5-13-19-17/h2-13H,1H3. The Morgan fingerprint density at radius 1 is 0.810 bits per heavy atom. The van der Waals surface area contributed by atoms with Crippen LogP contribution < -0.4 is 9.64 Å². The van der Waals surface area contributed by atoms with Gasteiger partial charge in [-0.05, 0) is 42.5 Å². The zero-order chi connectivity index (χ0) is 14.5. The molecule has 0 saturated heterocycles. The highest BCUT2D eigenvalue weighted by Crippen LogP contribution is 2.25. The quantitative estimate of drug-likeness (QED) is 0.721. The van der Waals surface area contributed by atoms with Crippen LogP contribution in [0.25, 0.3) is 0 Å². The number of nitrogens with zero attached hydrogens (tertiary/aromatic N) is 3. The minimum atomic E-state index is 0.586. The van der Waals surface area contributed by atoms with Crippen LogP contribution in [0.2, 0.25) is 0 Å². The summed E-state index contributed by atoms with van der Waals surface area (Å²) < 4.78 is 5.67. The first kappa shape index (κ1) is 13.1. The van der Waals surface area contributed by atoms with E-state index in [0.717, 1.165) is 17.3 Å². The molecule has 4 heteroatoms. The van der Waals surface area contributed by atoms with Crippen LogP contribution >= 0.6 is 0 Å². The lowest BCUT2D eigenvalue weighted by molar-refractivity contribution is 0.463. The molecule has 0 amide bonds. The van der Waals surface area contributed by atoms with Crippen molar-refractivity contribution in [2.75, 3.05) is 11.9 Å². The zero-order valence-corrected chi connectivity index (χ0v) is 11.7. The van der Waals surface area contributed by atoms with Crippen LogP contribution in [0.5, 0.6) is 11.6 Å². The fourth-order valence-electron chi connectivity index (χ4n) is 1.95. The molecule has 21 heavy (non-hydrogen) atoms. The van der Waals surface area contributed by atoms with Gasteiger partial charge in [0.2, 0.25) is 5.88 Å². The smallest absolute Gasteiger partial charge is 0.219 e. The molecular weight excluding hydrogens is 262 g/mol. The molecule has 0 aliphatic carbocycles. The highest BCUT2D eigenvalue weighted by atomic mass is 16.5. The highest BCUT2D eigenvalue weighted by molar-refractivity contribution is 5.59. The summed E-state index contributed by atoms with van der Waals surface area (Å²) in [5.74, 6) is 2.24. The van der Waals surface area contributed by atoms with E-state index in [-0.39, 0.29) is 0 Å². The molecule has 0 aliphatic heterocycles. The molecule has 2 heterocycles. The summed E-state index contributed by atoms with van der Waals surface area (Å²) in [6, 6.07) is 19.3. The fraction of sp³-hybridized carbons (Fsp3) is 0.0588. The molecular formula is C17H15N3O. The Balaban J connectivity index is 1.75. The zero-order valence-electron chi connectivity index (χ0n) is 11.7. The lowest BCUT2D eigenvalue weighted by Crippen LogP contribution is -2.10. The van der Waals surface area contributed by atoms with Crippen LogP contribution in [0.4, 0.5) is 11.5 Å². The van der Waals surface area contributed by atoms with Gasteiger partial charge in [-0.3, -0.25) is 0 Å². The number of rotatable bonds is 4. The summed E-state index contributed by atoms with van der Waals surface area (Å²) in [5, 5.41) is 0. The van der Waals surface area contributed by atoms with E-state index < -0.39 is 0 Å². The molecule has 1 aromatic carbocycles. The molecule has 0 N–H and O–H groups in total. The first-order chi connectivity index (χ1) is 10.3. The predicted octanol–water partition coefficient (Wildman–Crippen LogP) is 4.04. The molecule has 0 saturated carbocycles. The normalized spacial score (nSPS) is 10.1. The number of hydrogen-bond donors (Lipinski definition) is 0. The molecule has 4 nitrogen and oxygen atoms in total. The summed E-state index contributed by atoms with van der Waals surface area (Å²) in [6.07, 6.45) is 3.49. The van der Waals surface area contributed by atoms with Gasteiger partial charge in [-0.15, -0.1) is 0 Å². The third-order valence-corrected chi connectivity index (χ3v) is 3.08. The van der Waals surface area contributed by atoms with Gasteiger partial charge in [-0.1, -0.05) is 12.1 Å². The Morgan fingerprint density at radius 2 is 1.52 bits per heavy atom. The molecule has 0 unspecified atom stereocenters. The average Bonchev–Trinajstić information content (AvgIpc) is 2.57. The summed E-state index contributed by atoms with van der Waals surface area (Å²) >= 11 is 0. The van der Waals surface area contributed by atoms with Gasteiger partial charge in [0.1, 0.15) is 11.6 Å². The molecule has 0 aliphatic rings. The Kier molecular flexibility index (Phi) is 3.78. The van der Waals surface area contributed by atoms with Crippen molar-refractivity contribution in [3.8, 4) is 11.6 Å². The Bertz CT molecular complexity index is 684. The Hall–Kier alpha value is -2.88. The number of ether oxygens (including phenoxy) is 1. The van der Waals surface area contributed by atoms with Gasteiger partial charge in [0, 0.05) is 31.2 Å². The fourth-order valence-corrected chi connectivity index (χ4v) is 1.95. The number of benzene rings is 1. The number of aromatic nitrogens is 2. The van der Waals surface area contributed by atoms with E-state index in [1.807, 2.05) is 72.6 Å². The first-order valence-corrected chi connectivity index (χ1v) is 6.67. The molecule has 0 radical (unpaired) electrons. The van der Waals surface area contributed by atoms with Gasteiger partial charge in [-0.2, -0.15) is 0 Å². The van der Waals surface area contributed by atoms with Crippen LogP contribution in [0.15, 0.2) is 73.1 Å². The topological polar surface area (TPSA) is 38.2 Å². The van der Waals surface area contributed by atoms with E-state index in [2.05, 4.69) is 9.97 Å². The van der Waals surface area contributed by atoms with Gasteiger partial charge in [0.15, 0.2) is 0 Å². The van der Waals surface area contributed by atoms with Crippen molar-refractivity contribution in [1.29, 1.82) is 0 Å². The number of hydrogen-bond acceptors (Lipinski definition) is 4. The molecule has 0 bridgehead atoms. The molecule has 3 aromatic rings. The van der Waals surface area contributed by atoms with Crippen molar-refractivity contribution < 1.29 is 4.74 Å². The van der Waals surface area contributed by atoms with Crippen molar-refractivity contribution in [3.63, 3.8) is 0 Å². The van der Waals surface area contributed by atoms with Crippen LogP contribution in [-0.4, -0.2) is 17.0 Å². The highest BCUT2D eigenvalue weighted by Gasteiger charge is 2.05. The van der Waals surface area contributed by atoms with E-state index >= 15 is 0 Å². The van der Waals surface area contributed by atoms with E-state index in [1.165, 1.54) is 0 Å². The third kappa shape index (κ3) is 3.17. The van der Waals surface area contributed by atoms with Gasteiger partial charge in [0.25, 0.3) is 0 Å². The lowest BCUT2D eigenvalue weighted by Gasteiger charge is -2.18. The average molecular weight is 277 g/mol. The van der Waals surface area contributed by atoms with Crippen molar-refractivity contribution in [3.05, 3.63) is 73.1 Å². The van der Waals surface area contributed by atoms with Crippen LogP contribution in [0.1, 0.15) is 0 Å². The number of anilines is 2. The van der Waals surface area contributed by atoms with Gasteiger partial charge < -0.3 is 9.64 Å². The minimum absolute atomic E-state index is 0.586. The summed E-state index contributed by atoms with van der Waals surface area (Å²) in [6.45, 7) is 0. The molecule has 104 valence electrons. The van der Waals surface area contributed by atoms with Gasteiger partial charge >= 0.3 is 0 Å². The van der Waals surface area contributed by atoms with Gasteiger partial charge in [-0.25, -0.2) is 9.97 Å². The van der Waals surface area contributed by atoms with Crippen molar-refractivity contribution in [1.82, 2.24) is 9.97 Å². The van der Waals surface area contributed by atoms with Crippen molar-refractivity contribution in [2.24, 2.45) is 0 Å². The van der Waals surface area contributed by atoms with Crippen molar-refractivity contribution in [2.45, 2.75) is 0 Å². The predicted molar refractivity (Wildman–Crippen MR) is 83.1 cm³/mol. The van der Waals surface area contributed by atoms with Crippen LogP contribution in [-0.2, 0) is 0 Å². The number of pyridine rings is 2. The maximum absolute atomic E-state index is 5.67. The summed E-state index contributed by atoms with van der Waals surface area (Å²) in [4.78, 5) is 10.5. The molecule has 2 aromatic heterocycles. The summed E-state index contributed by atoms with van der Waals surface area (Å²) in [7, 11) is 1.98. The molecule has 0 fully saturated rings. The molecule has 3 rings (SSSR count). The van der Waals surface area contributed by atoms with Crippen LogP contribution in [0, 0.1) is 0 Å². The van der Waals surface area contributed by atoms with E-state index in [0.29, 0.717) is 5.88 Å². The minimum Gasteiger partial charge on any atom is -0.439 e. The largest absolute Gasteiger partial charge is 0.439 e. The van der Waals surface area contributed by atoms with E-state index in [4.69, 9.17) is 4.74 Å². The molecule has 0 spiro atoms. The lowest BCUT2D eigenvalue weighted by atomic mass is 10.2. The second-order valence-electron chi connectivity index (χ2n) is 4.51. The second kappa shape index (κ2) is 6.05. The van der Waals surface area contributed by atoms with Crippen molar-refractivity contribution >= 4 is 11.5 Å². The maximum atomic E-state index is 5.67. The maximum Gasteiger partial charge on any atom is 0.219 e. The summed E-state index contributed by atoms with van der Waals surface area (Å²) in [5.41, 5.74) is 1.04.